The Bertz CT molecular complexity index is 862. The van der Waals surface area contributed by atoms with Crippen LogP contribution in [0.4, 0.5) is 5.69 Å². The molecule has 1 fully saturated rings. The molecule has 2 aromatic carbocycles. The molecule has 1 saturated heterocycles. The number of ether oxygens (including phenoxy) is 2. The third-order valence-corrected chi connectivity index (χ3v) is 4.98. The Kier molecular flexibility index (Phi) is 7.49. The van der Waals surface area contributed by atoms with Gasteiger partial charge in [-0.25, -0.2) is 4.99 Å². The third-order valence-electron chi connectivity index (χ3n) is 4.57. The number of carbonyl (C=O) groups is 1. The van der Waals surface area contributed by atoms with E-state index in [9.17, 15) is 4.79 Å². The smallest absolute Gasteiger partial charge is 0.257 e. The minimum absolute atomic E-state index is 0.0794. The van der Waals surface area contributed by atoms with E-state index in [1.807, 2.05) is 32.0 Å². The highest BCUT2D eigenvalue weighted by molar-refractivity contribution is 6.31. The molecule has 2 aromatic rings. The summed E-state index contributed by atoms with van der Waals surface area (Å²) < 4.78 is 11.1. The van der Waals surface area contributed by atoms with Crippen molar-refractivity contribution in [3.8, 4) is 5.75 Å². The molecule has 0 saturated carbocycles. The fraction of sp³-hybridized carbons (Fsp3) is 0.364. The van der Waals surface area contributed by atoms with Crippen molar-refractivity contribution in [2.24, 2.45) is 4.99 Å². The monoisotopic (exact) mass is 415 g/mol. The van der Waals surface area contributed by atoms with Gasteiger partial charge in [0.2, 0.25) is 5.96 Å². The minimum Gasteiger partial charge on any atom is -0.494 e. The van der Waals surface area contributed by atoms with Crippen LogP contribution in [0, 0.1) is 6.92 Å². The Morgan fingerprint density at radius 2 is 2.07 bits per heavy atom. The first kappa shape index (κ1) is 21.1. The lowest BCUT2D eigenvalue weighted by atomic mass is 10.2. The van der Waals surface area contributed by atoms with E-state index in [2.05, 4.69) is 15.6 Å². The molecule has 6 nitrogen and oxygen atoms in total. The highest BCUT2D eigenvalue weighted by Crippen LogP contribution is 2.20. The molecule has 29 heavy (non-hydrogen) atoms. The molecule has 1 heterocycles. The zero-order chi connectivity index (χ0) is 20.6. The molecule has 1 atom stereocenters. The summed E-state index contributed by atoms with van der Waals surface area (Å²) in [5.74, 6) is 0.827. The number of anilines is 1. The number of carbonyl (C=O) groups excluding carboxylic acids is 1. The van der Waals surface area contributed by atoms with Crippen molar-refractivity contribution < 1.29 is 14.3 Å². The first-order valence-corrected chi connectivity index (χ1v) is 10.2. The SMILES string of the molecule is CCOc1ccc(C(=O)NC(=NC[C@H]2CCCO2)Nc2ccc(C)c(Cl)c2)cc1. The lowest BCUT2D eigenvalue weighted by Crippen LogP contribution is -2.36. The van der Waals surface area contributed by atoms with Gasteiger partial charge in [0.05, 0.1) is 19.3 Å². The van der Waals surface area contributed by atoms with Crippen LogP contribution in [0.2, 0.25) is 5.02 Å². The summed E-state index contributed by atoms with van der Waals surface area (Å²) in [4.78, 5) is 17.2. The van der Waals surface area contributed by atoms with E-state index in [4.69, 9.17) is 21.1 Å². The van der Waals surface area contributed by atoms with Crippen LogP contribution in [0.15, 0.2) is 47.5 Å². The zero-order valence-electron chi connectivity index (χ0n) is 16.7. The second-order valence-electron chi connectivity index (χ2n) is 6.82. The van der Waals surface area contributed by atoms with Crippen LogP contribution in [-0.2, 0) is 4.74 Å². The Morgan fingerprint density at radius 1 is 1.28 bits per heavy atom. The number of rotatable bonds is 6. The van der Waals surface area contributed by atoms with Gasteiger partial charge in [-0.05, 0) is 68.7 Å². The molecule has 154 valence electrons. The lowest BCUT2D eigenvalue weighted by molar-refractivity contribution is 0.0975. The maximum absolute atomic E-state index is 12.7. The van der Waals surface area contributed by atoms with Gasteiger partial charge in [-0.15, -0.1) is 0 Å². The quantitative estimate of drug-likeness (QED) is 0.541. The van der Waals surface area contributed by atoms with Crippen molar-refractivity contribution in [1.82, 2.24) is 5.32 Å². The van der Waals surface area contributed by atoms with Crippen LogP contribution in [0.25, 0.3) is 0 Å². The molecule has 0 aliphatic carbocycles. The number of aliphatic imine (C=N–C) groups is 1. The Hall–Kier alpha value is -2.57. The molecule has 0 radical (unpaired) electrons. The summed E-state index contributed by atoms with van der Waals surface area (Å²) in [5, 5.41) is 6.65. The fourth-order valence-corrected chi connectivity index (χ4v) is 3.13. The van der Waals surface area contributed by atoms with Gasteiger partial charge in [-0.3, -0.25) is 10.1 Å². The number of halogens is 1. The van der Waals surface area contributed by atoms with Crippen LogP contribution >= 0.6 is 11.6 Å². The standard InChI is InChI=1S/C22H26ClN3O3/c1-3-28-18-10-7-16(8-11-18)21(27)26-22(24-14-19-5-4-12-29-19)25-17-9-6-15(2)20(23)13-17/h6-11,13,19H,3-5,12,14H2,1-2H3,(H2,24,25,26,27)/t19-/m1/s1. The average molecular weight is 416 g/mol. The largest absolute Gasteiger partial charge is 0.494 e. The number of benzene rings is 2. The van der Waals surface area contributed by atoms with E-state index < -0.39 is 0 Å². The number of hydrogen-bond donors (Lipinski definition) is 2. The molecule has 3 rings (SSSR count). The molecule has 0 bridgehead atoms. The third kappa shape index (κ3) is 6.21. The number of guanidine groups is 1. The van der Waals surface area contributed by atoms with Crippen LogP contribution in [0.3, 0.4) is 0 Å². The summed E-state index contributed by atoms with van der Waals surface area (Å²) in [7, 11) is 0. The summed E-state index contributed by atoms with van der Waals surface area (Å²) in [5.41, 5.74) is 2.24. The molecular formula is C22H26ClN3O3. The van der Waals surface area contributed by atoms with E-state index >= 15 is 0 Å². The zero-order valence-corrected chi connectivity index (χ0v) is 17.5. The predicted octanol–water partition coefficient (Wildman–Crippen LogP) is 4.42. The molecule has 7 heteroatoms. The molecule has 0 aromatic heterocycles. The molecule has 0 unspecified atom stereocenters. The van der Waals surface area contributed by atoms with Gasteiger partial charge in [0.15, 0.2) is 0 Å². The predicted molar refractivity (Wildman–Crippen MR) is 116 cm³/mol. The fourth-order valence-electron chi connectivity index (χ4n) is 2.95. The van der Waals surface area contributed by atoms with Crippen molar-refractivity contribution in [3.05, 3.63) is 58.6 Å². The molecule has 0 spiro atoms. The van der Waals surface area contributed by atoms with Gasteiger partial charge in [0.25, 0.3) is 5.91 Å². The average Bonchev–Trinajstić information content (AvgIpc) is 3.23. The van der Waals surface area contributed by atoms with Gasteiger partial charge < -0.3 is 14.8 Å². The molecular weight excluding hydrogens is 390 g/mol. The molecule has 1 aliphatic heterocycles. The maximum atomic E-state index is 12.7. The number of nitrogens with zero attached hydrogens (tertiary/aromatic N) is 1. The normalized spacial score (nSPS) is 16.5. The molecule has 2 N–H and O–H groups in total. The Labute approximate surface area is 176 Å². The topological polar surface area (TPSA) is 72.0 Å². The van der Waals surface area contributed by atoms with E-state index in [-0.39, 0.29) is 12.0 Å². The van der Waals surface area contributed by atoms with E-state index in [1.165, 1.54) is 0 Å². The van der Waals surface area contributed by atoms with Crippen molar-refractivity contribution in [3.63, 3.8) is 0 Å². The van der Waals surface area contributed by atoms with Crippen molar-refractivity contribution in [2.45, 2.75) is 32.8 Å². The first-order chi connectivity index (χ1) is 14.0. The van der Waals surface area contributed by atoms with Crippen LogP contribution in [0.1, 0.15) is 35.7 Å². The summed E-state index contributed by atoms with van der Waals surface area (Å²) >= 11 is 6.22. The van der Waals surface area contributed by atoms with Crippen LogP contribution in [0.5, 0.6) is 5.75 Å². The summed E-state index contributed by atoms with van der Waals surface area (Å²) in [6.45, 7) is 5.67. The lowest BCUT2D eigenvalue weighted by Gasteiger charge is -2.14. The van der Waals surface area contributed by atoms with Crippen LogP contribution < -0.4 is 15.4 Å². The second-order valence-corrected chi connectivity index (χ2v) is 7.23. The number of hydrogen-bond acceptors (Lipinski definition) is 4. The first-order valence-electron chi connectivity index (χ1n) is 9.78. The van der Waals surface area contributed by atoms with E-state index in [0.29, 0.717) is 29.7 Å². The summed E-state index contributed by atoms with van der Waals surface area (Å²) in [6, 6.07) is 12.6. The number of amides is 1. The molecule has 1 amide bonds. The van der Waals surface area contributed by atoms with Gasteiger partial charge in [0, 0.05) is 22.9 Å². The molecule has 1 aliphatic rings. The number of nitrogens with one attached hydrogen (secondary N) is 2. The van der Waals surface area contributed by atoms with Gasteiger partial charge in [-0.2, -0.15) is 0 Å². The minimum atomic E-state index is -0.259. The van der Waals surface area contributed by atoms with E-state index in [1.54, 1.807) is 24.3 Å². The Balaban J connectivity index is 1.73. The second kappa shape index (κ2) is 10.3. The summed E-state index contributed by atoms with van der Waals surface area (Å²) in [6.07, 6.45) is 2.09. The highest BCUT2D eigenvalue weighted by Gasteiger charge is 2.16. The van der Waals surface area contributed by atoms with Gasteiger partial charge in [0.1, 0.15) is 5.75 Å². The number of aryl methyl sites for hydroxylation is 1. The maximum Gasteiger partial charge on any atom is 0.257 e. The van der Waals surface area contributed by atoms with Crippen molar-refractivity contribution >= 4 is 29.2 Å². The Morgan fingerprint density at radius 3 is 2.72 bits per heavy atom. The van der Waals surface area contributed by atoms with Gasteiger partial charge >= 0.3 is 0 Å². The van der Waals surface area contributed by atoms with Crippen molar-refractivity contribution in [1.29, 1.82) is 0 Å². The van der Waals surface area contributed by atoms with Crippen LogP contribution in [-0.4, -0.2) is 37.7 Å². The van der Waals surface area contributed by atoms with Gasteiger partial charge in [-0.1, -0.05) is 17.7 Å². The highest BCUT2D eigenvalue weighted by atomic mass is 35.5. The van der Waals surface area contributed by atoms with E-state index in [0.717, 1.165) is 36.4 Å². The van der Waals surface area contributed by atoms with Crippen molar-refractivity contribution in [2.75, 3.05) is 25.1 Å².